The van der Waals surface area contributed by atoms with Crippen LogP contribution >= 0.6 is 12.4 Å². The lowest BCUT2D eigenvalue weighted by molar-refractivity contribution is 0.0563. The molecule has 1 heterocycles. The molecular formula is C13H26ClN5. The highest BCUT2D eigenvalue weighted by Crippen LogP contribution is 2.25. The first-order chi connectivity index (χ1) is 8.93. The molecule has 2 fully saturated rings. The van der Waals surface area contributed by atoms with Crippen LogP contribution < -0.4 is 10.9 Å². The molecule has 2 saturated carbocycles. The third-order valence-electron chi connectivity index (χ3n) is 4.55. The molecule has 0 radical (unpaired) electrons. The number of hydrogen-bond acceptors (Lipinski definition) is 5. The number of rotatable bonds is 3. The van der Waals surface area contributed by atoms with Gasteiger partial charge < -0.3 is 0 Å². The lowest BCUT2D eigenvalue weighted by Gasteiger charge is -2.35. The largest absolute Gasteiger partial charge is 0.277 e. The second-order valence-electron chi connectivity index (χ2n) is 5.89. The Morgan fingerprint density at radius 1 is 0.895 bits per heavy atom. The van der Waals surface area contributed by atoms with Gasteiger partial charge in [0.1, 0.15) is 0 Å². The molecule has 19 heavy (non-hydrogen) atoms. The predicted molar refractivity (Wildman–Crippen MR) is 77.7 cm³/mol. The van der Waals surface area contributed by atoms with Crippen LogP contribution in [0.5, 0.6) is 0 Å². The van der Waals surface area contributed by atoms with E-state index in [1.54, 1.807) is 0 Å². The van der Waals surface area contributed by atoms with E-state index in [9.17, 15) is 0 Å². The molecule has 0 saturated heterocycles. The van der Waals surface area contributed by atoms with Gasteiger partial charge in [0, 0.05) is 12.1 Å². The molecule has 2 N–H and O–H groups in total. The van der Waals surface area contributed by atoms with Gasteiger partial charge in [0.15, 0.2) is 6.29 Å². The molecule has 5 nitrogen and oxygen atoms in total. The first-order valence-electron chi connectivity index (χ1n) is 7.63. The fourth-order valence-corrected chi connectivity index (χ4v) is 3.48. The van der Waals surface area contributed by atoms with E-state index in [2.05, 4.69) is 26.2 Å². The van der Waals surface area contributed by atoms with Crippen LogP contribution in [-0.4, -0.2) is 23.4 Å². The zero-order valence-electron chi connectivity index (χ0n) is 11.6. The predicted octanol–water partition coefficient (Wildman–Crippen LogP) is 3.13. The molecule has 110 valence electrons. The summed E-state index contributed by atoms with van der Waals surface area (Å²) in [5.74, 6) is 0. The fourth-order valence-electron chi connectivity index (χ4n) is 3.48. The fraction of sp³-hybridized carbons (Fsp3) is 1.00. The standard InChI is InChI=1S/C13H25N5.ClH/c1-3-7-11(8-4-1)14-13-15-16-17-18(13)12-9-5-2-6-10-12;/h11-14H,1-10H2,(H,15,17);1H. The molecule has 0 spiro atoms. The van der Waals surface area contributed by atoms with Gasteiger partial charge in [0.2, 0.25) is 0 Å². The summed E-state index contributed by atoms with van der Waals surface area (Å²) in [7, 11) is 0. The molecule has 6 heteroatoms. The molecule has 0 amide bonds. The smallest absolute Gasteiger partial charge is 0.196 e. The lowest BCUT2D eigenvalue weighted by Crippen LogP contribution is -2.54. The Morgan fingerprint density at radius 3 is 2.21 bits per heavy atom. The Balaban J connectivity index is 0.00000133. The molecule has 1 unspecified atom stereocenters. The van der Waals surface area contributed by atoms with Gasteiger partial charge in [-0.1, -0.05) is 43.7 Å². The molecule has 0 aromatic carbocycles. The maximum absolute atomic E-state index is 4.32. The van der Waals surface area contributed by atoms with Crippen molar-refractivity contribution < 1.29 is 0 Å². The number of hydrazine groups is 1. The second kappa shape index (κ2) is 7.41. The van der Waals surface area contributed by atoms with Crippen molar-refractivity contribution in [2.75, 3.05) is 0 Å². The average molecular weight is 288 g/mol. The average Bonchev–Trinajstić information content (AvgIpc) is 2.89. The summed E-state index contributed by atoms with van der Waals surface area (Å²) in [4.78, 5) is 0. The van der Waals surface area contributed by atoms with Crippen LogP contribution in [0.4, 0.5) is 0 Å². The van der Waals surface area contributed by atoms with Crippen LogP contribution in [0, 0.1) is 0 Å². The molecule has 2 aliphatic carbocycles. The van der Waals surface area contributed by atoms with E-state index in [1.165, 1.54) is 64.2 Å². The molecule has 3 rings (SSSR count). The van der Waals surface area contributed by atoms with Crippen molar-refractivity contribution in [3.05, 3.63) is 0 Å². The summed E-state index contributed by atoms with van der Waals surface area (Å²) in [6.07, 6.45) is 13.4. The van der Waals surface area contributed by atoms with E-state index in [0.29, 0.717) is 12.1 Å². The third-order valence-corrected chi connectivity index (χ3v) is 4.55. The molecular weight excluding hydrogens is 262 g/mol. The van der Waals surface area contributed by atoms with Crippen LogP contribution in [0.1, 0.15) is 64.2 Å². The van der Waals surface area contributed by atoms with Crippen molar-refractivity contribution in [3.8, 4) is 0 Å². The Morgan fingerprint density at radius 2 is 1.53 bits per heavy atom. The number of nitrogens with zero attached hydrogens (tertiary/aromatic N) is 3. The normalized spacial score (nSPS) is 30.0. The SMILES string of the molecule is C1CCC(NC2N=NNN2C2CCCCC2)CC1.Cl. The van der Waals surface area contributed by atoms with Crippen molar-refractivity contribution >= 4 is 12.4 Å². The summed E-state index contributed by atoms with van der Waals surface area (Å²) in [6.45, 7) is 0. The van der Waals surface area contributed by atoms with Crippen LogP contribution in [0.25, 0.3) is 0 Å². The van der Waals surface area contributed by atoms with Gasteiger partial charge in [-0.05, 0) is 25.7 Å². The molecule has 0 bridgehead atoms. The summed E-state index contributed by atoms with van der Waals surface area (Å²) >= 11 is 0. The van der Waals surface area contributed by atoms with Crippen molar-refractivity contribution in [1.82, 2.24) is 15.9 Å². The summed E-state index contributed by atoms with van der Waals surface area (Å²) in [6, 6.07) is 1.24. The van der Waals surface area contributed by atoms with Crippen molar-refractivity contribution in [2.24, 2.45) is 10.3 Å². The van der Waals surface area contributed by atoms with Crippen molar-refractivity contribution in [2.45, 2.75) is 82.6 Å². The highest BCUT2D eigenvalue weighted by atomic mass is 35.5. The number of halogens is 1. The minimum Gasteiger partial charge on any atom is -0.277 e. The molecule has 0 aromatic rings. The molecule has 0 aromatic heterocycles. The first kappa shape index (κ1) is 15.0. The topological polar surface area (TPSA) is 52.0 Å². The van der Waals surface area contributed by atoms with E-state index < -0.39 is 0 Å². The lowest BCUT2D eigenvalue weighted by atomic mass is 9.94. The van der Waals surface area contributed by atoms with E-state index in [4.69, 9.17) is 0 Å². The van der Waals surface area contributed by atoms with Crippen molar-refractivity contribution in [1.29, 1.82) is 0 Å². The minimum atomic E-state index is 0. The van der Waals surface area contributed by atoms with Gasteiger partial charge >= 0.3 is 0 Å². The number of hydrogen-bond donors (Lipinski definition) is 2. The van der Waals surface area contributed by atoms with Gasteiger partial charge in [0.05, 0.1) is 0 Å². The first-order valence-corrected chi connectivity index (χ1v) is 7.63. The van der Waals surface area contributed by atoms with Gasteiger partial charge in [-0.2, -0.15) is 5.01 Å². The quantitative estimate of drug-likeness (QED) is 0.838. The molecule has 3 aliphatic rings. The van der Waals surface area contributed by atoms with Crippen molar-refractivity contribution in [3.63, 3.8) is 0 Å². The summed E-state index contributed by atoms with van der Waals surface area (Å²) in [5, 5.41) is 14.3. The third kappa shape index (κ3) is 3.80. The minimum absolute atomic E-state index is 0. The zero-order valence-corrected chi connectivity index (χ0v) is 12.4. The van der Waals surface area contributed by atoms with Crippen LogP contribution in [0.2, 0.25) is 0 Å². The Hall–Kier alpha value is -0.390. The summed E-state index contributed by atoms with van der Waals surface area (Å²) in [5.41, 5.74) is 3.10. The monoisotopic (exact) mass is 287 g/mol. The van der Waals surface area contributed by atoms with E-state index in [1.807, 2.05) is 0 Å². The van der Waals surface area contributed by atoms with Gasteiger partial charge in [-0.3, -0.25) is 5.32 Å². The summed E-state index contributed by atoms with van der Waals surface area (Å²) < 4.78 is 0. The highest BCUT2D eigenvalue weighted by molar-refractivity contribution is 5.85. The van der Waals surface area contributed by atoms with Crippen LogP contribution in [0.3, 0.4) is 0 Å². The Bertz CT molecular complexity index is 287. The van der Waals surface area contributed by atoms with Gasteiger partial charge in [0.25, 0.3) is 0 Å². The highest BCUT2D eigenvalue weighted by Gasteiger charge is 2.32. The van der Waals surface area contributed by atoms with Crippen LogP contribution in [-0.2, 0) is 0 Å². The van der Waals surface area contributed by atoms with Gasteiger partial charge in [-0.25, -0.2) is 5.53 Å². The Kier molecular flexibility index (Phi) is 5.85. The van der Waals surface area contributed by atoms with Crippen LogP contribution in [0.15, 0.2) is 10.3 Å². The van der Waals surface area contributed by atoms with Gasteiger partial charge in [-0.15, -0.1) is 17.5 Å². The number of nitrogens with one attached hydrogen (secondary N) is 2. The molecule has 1 atom stereocenters. The zero-order chi connectivity index (χ0) is 12.2. The van der Waals surface area contributed by atoms with E-state index in [-0.39, 0.29) is 18.7 Å². The maximum atomic E-state index is 4.32. The Labute approximate surface area is 122 Å². The van der Waals surface area contributed by atoms with E-state index >= 15 is 0 Å². The van der Waals surface area contributed by atoms with E-state index in [0.717, 1.165) is 0 Å². The second-order valence-corrected chi connectivity index (χ2v) is 5.89. The molecule has 1 aliphatic heterocycles. The maximum Gasteiger partial charge on any atom is 0.196 e.